The van der Waals surface area contributed by atoms with Crippen molar-refractivity contribution in [2.24, 2.45) is 5.92 Å². The number of halogens is 2. The van der Waals surface area contributed by atoms with Gasteiger partial charge in [-0.1, -0.05) is 18.2 Å². The highest BCUT2D eigenvalue weighted by Crippen LogP contribution is 2.29. The number of piperidine rings is 1. The fourth-order valence-electron chi connectivity index (χ4n) is 4.54. The Kier molecular flexibility index (Phi) is 6.85. The van der Waals surface area contributed by atoms with E-state index >= 15 is 0 Å². The molecule has 0 radical (unpaired) electrons. The highest BCUT2D eigenvalue weighted by atomic mass is 19.1. The summed E-state index contributed by atoms with van der Waals surface area (Å²) in [6.45, 7) is 3.02. The van der Waals surface area contributed by atoms with E-state index in [4.69, 9.17) is 14.7 Å². The smallest absolute Gasteiger partial charge is 0.225 e. The molecule has 0 saturated carbocycles. The molecule has 3 heterocycles. The summed E-state index contributed by atoms with van der Waals surface area (Å²) in [5, 5.41) is 6.51. The van der Waals surface area contributed by atoms with E-state index in [0.29, 0.717) is 46.5 Å². The molecule has 9 heteroatoms. The number of nitrogens with one attached hydrogen (secondary N) is 2. The van der Waals surface area contributed by atoms with E-state index in [0.717, 1.165) is 32.4 Å². The molecule has 0 atom stereocenters. The van der Waals surface area contributed by atoms with E-state index in [1.165, 1.54) is 19.2 Å². The van der Waals surface area contributed by atoms with Crippen LogP contribution >= 0.6 is 0 Å². The Bertz CT molecular complexity index is 1320. The average Bonchev–Trinajstić information content (AvgIpc) is 3.25. The molecular weight excluding hydrogens is 450 g/mol. The van der Waals surface area contributed by atoms with Crippen molar-refractivity contribution in [3.8, 4) is 17.1 Å². The average molecular weight is 479 g/mol. The molecule has 0 bridgehead atoms. The molecular formula is C26H28F2N6O. The first-order valence-corrected chi connectivity index (χ1v) is 11.9. The minimum absolute atomic E-state index is 0.186. The standard InChI is InChI=1S/C26H28F2N6O/c1-35-23-7-6-18(14-21(23)28)24-32-22-16-31-26(30-15-19-4-2-3-5-20(19)27)33-25(22)34(24)13-10-17-8-11-29-12-9-17/h2-7,14,16-17,29H,8-13,15H2,1H3,(H,30,31,33). The quantitative estimate of drug-likeness (QED) is 0.380. The van der Waals surface area contributed by atoms with Gasteiger partial charge in [-0.15, -0.1) is 0 Å². The second kappa shape index (κ2) is 10.4. The van der Waals surface area contributed by atoms with Gasteiger partial charge < -0.3 is 19.9 Å². The van der Waals surface area contributed by atoms with Crippen LogP contribution in [0.2, 0.25) is 0 Å². The number of imidazole rings is 1. The largest absolute Gasteiger partial charge is 0.494 e. The molecule has 2 aromatic carbocycles. The van der Waals surface area contributed by atoms with Crippen LogP contribution in [0.4, 0.5) is 14.7 Å². The summed E-state index contributed by atoms with van der Waals surface area (Å²) in [5.74, 6) is 1.09. The van der Waals surface area contributed by atoms with E-state index < -0.39 is 5.82 Å². The number of fused-ring (bicyclic) bond motifs is 1. The molecule has 0 amide bonds. The highest BCUT2D eigenvalue weighted by molar-refractivity contribution is 5.77. The first-order chi connectivity index (χ1) is 17.1. The summed E-state index contributed by atoms with van der Waals surface area (Å²) in [5.41, 5.74) is 2.46. The number of methoxy groups -OCH3 is 1. The van der Waals surface area contributed by atoms with Gasteiger partial charge in [-0.25, -0.2) is 18.7 Å². The zero-order valence-corrected chi connectivity index (χ0v) is 19.6. The van der Waals surface area contributed by atoms with E-state index in [1.54, 1.807) is 36.5 Å². The lowest BCUT2D eigenvalue weighted by Crippen LogP contribution is -2.28. The van der Waals surface area contributed by atoms with Crippen molar-refractivity contribution in [1.82, 2.24) is 24.8 Å². The van der Waals surface area contributed by atoms with Crippen molar-refractivity contribution in [2.45, 2.75) is 32.4 Å². The maximum absolute atomic E-state index is 14.5. The third kappa shape index (κ3) is 5.09. The van der Waals surface area contributed by atoms with Crippen LogP contribution in [0.3, 0.4) is 0 Å². The minimum atomic E-state index is -0.444. The molecule has 2 N–H and O–H groups in total. The summed E-state index contributed by atoms with van der Waals surface area (Å²) in [7, 11) is 1.44. The second-order valence-corrected chi connectivity index (χ2v) is 8.77. The predicted molar refractivity (Wildman–Crippen MR) is 131 cm³/mol. The van der Waals surface area contributed by atoms with Crippen LogP contribution in [0.5, 0.6) is 5.75 Å². The summed E-state index contributed by atoms with van der Waals surface area (Å²) >= 11 is 0. The SMILES string of the molecule is COc1ccc(-c2nc3cnc(NCc4ccccc4F)nc3n2CCC2CCNCC2)cc1F. The Labute approximate surface area is 202 Å². The summed E-state index contributed by atoms with van der Waals surface area (Å²) in [4.78, 5) is 13.8. The molecule has 1 fully saturated rings. The summed E-state index contributed by atoms with van der Waals surface area (Å²) < 4.78 is 35.7. The summed E-state index contributed by atoms with van der Waals surface area (Å²) in [6.07, 6.45) is 4.88. The van der Waals surface area contributed by atoms with Crippen molar-refractivity contribution in [3.05, 3.63) is 65.9 Å². The molecule has 7 nitrogen and oxygen atoms in total. The fraction of sp³-hybridized carbons (Fsp3) is 0.346. The van der Waals surface area contributed by atoms with Crippen LogP contribution in [-0.4, -0.2) is 39.7 Å². The van der Waals surface area contributed by atoms with Gasteiger partial charge in [0.2, 0.25) is 5.95 Å². The van der Waals surface area contributed by atoms with Crippen LogP contribution in [0.25, 0.3) is 22.6 Å². The zero-order valence-electron chi connectivity index (χ0n) is 19.6. The van der Waals surface area contributed by atoms with E-state index in [-0.39, 0.29) is 18.1 Å². The molecule has 0 spiro atoms. The molecule has 35 heavy (non-hydrogen) atoms. The lowest BCUT2D eigenvalue weighted by Gasteiger charge is -2.23. The Morgan fingerprint density at radius 2 is 1.91 bits per heavy atom. The van der Waals surface area contributed by atoms with Gasteiger partial charge >= 0.3 is 0 Å². The number of anilines is 1. The third-order valence-corrected chi connectivity index (χ3v) is 6.51. The van der Waals surface area contributed by atoms with Crippen molar-refractivity contribution >= 4 is 17.1 Å². The first kappa shape index (κ1) is 23.2. The van der Waals surface area contributed by atoms with Crippen molar-refractivity contribution < 1.29 is 13.5 Å². The van der Waals surface area contributed by atoms with Crippen molar-refractivity contribution in [2.75, 3.05) is 25.5 Å². The minimum Gasteiger partial charge on any atom is -0.494 e. The van der Waals surface area contributed by atoms with E-state index in [2.05, 4.69) is 15.6 Å². The molecule has 182 valence electrons. The van der Waals surface area contributed by atoms with Crippen molar-refractivity contribution in [3.63, 3.8) is 0 Å². The number of hydrogen-bond acceptors (Lipinski definition) is 6. The molecule has 5 rings (SSSR count). The molecule has 1 aliphatic heterocycles. The third-order valence-electron chi connectivity index (χ3n) is 6.51. The normalized spacial score (nSPS) is 14.4. The van der Waals surface area contributed by atoms with Gasteiger partial charge in [0.15, 0.2) is 17.2 Å². The number of aromatic nitrogens is 4. The van der Waals surface area contributed by atoms with Crippen molar-refractivity contribution in [1.29, 1.82) is 0 Å². The van der Waals surface area contributed by atoms with Gasteiger partial charge in [-0.2, -0.15) is 4.98 Å². The van der Waals surface area contributed by atoms with Gasteiger partial charge in [0.1, 0.15) is 17.2 Å². The number of ether oxygens (including phenoxy) is 1. The maximum Gasteiger partial charge on any atom is 0.225 e. The van der Waals surface area contributed by atoms with Crippen LogP contribution < -0.4 is 15.4 Å². The molecule has 1 aliphatic rings. The lowest BCUT2D eigenvalue weighted by molar-refractivity contribution is 0.339. The van der Waals surface area contributed by atoms with Gasteiger partial charge in [-0.05, 0) is 62.5 Å². The molecule has 0 unspecified atom stereocenters. The van der Waals surface area contributed by atoms with Crippen LogP contribution in [-0.2, 0) is 13.1 Å². The van der Waals surface area contributed by atoms with Gasteiger partial charge in [-0.3, -0.25) is 0 Å². The lowest BCUT2D eigenvalue weighted by atomic mass is 9.95. The van der Waals surface area contributed by atoms with Crippen LogP contribution in [0.15, 0.2) is 48.7 Å². The Morgan fingerprint density at radius 1 is 1.09 bits per heavy atom. The van der Waals surface area contributed by atoms with Crippen LogP contribution in [0.1, 0.15) is 24.8 Å². The Balaban J connectivity index is 1.48. The molecule has 4 aromatic rings. The highest BCUT2D eigenvalue weighted by Gasteiger charge is 2.19. The van der Waals surface area contributed by atoms with Gasteiger partial charge in [0, 0.05) is 24.2 Å². The second-order valence-electron chi connectivity index (χ2n) is 8.77. The Morgan fingerprint density at radius 3 is 2.69 bits per heavy atom. The predicted octanol–water partition coefficient (Wildman–Crippen LogP) is 4.78. The number of nitrogens with zero attached hydrogens (tertiary/aromatic N) is 4. The van der Waals surface area contributed by atoms with E-state index in [1.807, 2.05) is 4.57 Å². The first-order valence-electron chi connectivity index (χ1n) is 11.9. The molecule has 0 aliphatic carbocycles. The zero-order chi connectivity index (χ0) is 24.2. The maximum atomic E-state index is 14.5. The van der Waals surface area contributed by atoms with Gasteiger partial charge in [0.25, 0.3) is 0 Å². The monoisotopic (exact) mass is 478 g/mol. The molecule has 1 saturated heterocycles. The number of aryl methyl sites for hydroxylation is 1. The number of benzene rings is 2. The Hall–Kier alpha value is -3.59. The number of hydrogen-bond donors (Lipinski definition) is 2. The summed E-state index contributed by atoms with van der Waals surface area (Å²) in [6, 6.07) is 11.4. The van der Waals surface area contributed by atoms with Gasteiger partial charge in [0.05, 0.1) is 13.3 Å². The molecule has 2 aromatic heterocycles. The topological polar surface area (TPSA) is 76.9 Å². The van der Waals surface area contributed by atoms with E-state index in [9.17, 15) is 8.78 Å². The number of rotatable bonds is 8. The van der Waals surface area contributed by atoms with Crippen LogP contribution in [0, 0.1) is 17.6 Å². The fourth-order valence-corrected chi connectivity index (χ4v) is 4.54.